The molecule has 0 atom stereocenters. The first-order valence-electron chi connectivity index (χ1n) is 11.1. The highest BCUT2D eigenvalue weighted by Gasteiger charge is 2.23. The van der Waals surface area contributed by atoms with E-state index in [1.807, 2.05) is 12.1 Å². The van der Waals surface area contributed by atoms with E-state index in [1.165, 1.54) is 57.8 Å². The number of unbranched alkanes of at least 4 members (excludes halogenated alkanes) is 1. The average Bonchev–Trinajstić information content (AvgIpc) is 2.72. The van der Waals surface area contributed by atoms with Gasteiger partial charge < -0.3 is 0 Å². The molecule has 0 aromatic heterocycles. The molecule has 0 bridgehead atoms. The second-order valence-corrected chi connectivity index (χ2v) is 8.77. The molecule has 3 rings (SSSR count). The Bertz CT molecular complexity index is 655. The molecule has 27 heavy (non-hydrogen) atoms. The molecule has 1 aromatic rings. The van der Waals surface area contributed by atoms with Crippen LogP contribution in [0.15, 0.2) is 30.4 Å². The molecule has 2 aliphatic rings. The Morgan fingerprint density at radius 3 is 2.19 bits per heavy atom. The molecule has 0 saturated heterocycles. The Labute approximate surface area is 164 Å². The molecule has 0 heterocycles. The van der Waals surface area contributed by atoms with Crippen LogP contribution in [-0.4, -0.2) is 0 Å². The lowest BCUT2D eigenvalue weighted by Gasteiger charge is -2.29. The van der Waals surface area contributed by atoms with Gasteiger partial charge in [-0.25, -0.2) is 4.39 Å². The number of hydrogen-bond acceptors (Lipinski definition) is 1. The van der Waals surface area contributed by atoms with Gasteiger partial charge in [-0.1, -0.05) is 44.4 Å². The zero-order chi connectivity index (χ0) is 19.1. The van der Waals surface area contributed by atoms with Gasteiger partial charge in [0.05, 0.1) is 5.56 Å². The minimum atomic E-state index is -0.369. The molecule has 2 aliphatic carbocycles. The van der Waals surface area contributed by atoms with Crippen molar-refractivity contribution in [2.45, 2.75) is 83.5 Å². The highest BCUT2D eigenvalue weighted by molar-refractivity contribution is 5.35. The number of rotatable bonds is 6. The van der Waals surface area contributed by atoms with Gasteiger partial charge in [-0.3, -0.25) is 0 Å². The van der Waals surface area contributed by atoms with Crippen molar-refractivity contribution >= 4 is 0 Å². The van der Waals surface area contributed by atoms with Crippen molar-refractivity contribution in [3.8, 4) is 6.07 Å². The standard InChI is InChI=1S/C25H34FN/c1-2-3-4-19-5-7-20(8-6-19)9-10-21-11-13-22(14-12-21)23-15-16-24(18-27)25(26)17-23/h9-10,15-17,19-22H,2-8,11-14H2,1H3/b10-9+. The van der Waals surface area contributed by atoms with Crippen LogP contribution >= 0.6 is 0 Å². The van der Waals surface area contributed by atoms with Crippen LogP contribution in [-0.2, 0) is 0 Å². The Morgan fingerprint density at radius 2 is 1.63 bits per heavy atom. The van der Waals surface area contributed by atoms with E-state index < -0.39 is 0 Å². The van der Waals surface area contributed by atoms with E-state index in [2.05, 4.69) is 19.1 Å². The molecule has 2 saturated carbocycles. The summed E-state index contributed by atoms with van der Waals surface area (Å²) in [5.41, 5.74) is 1.22. The second kappa shape index (κ2) is 10.1. The maximum absolute atomic E-state index is 13.9. The molecule has 0 radical (unpaired) electrons. The predicted molar refractivity (Wildman–Crippen MR) is 110 cm³/mol. The summed E-state index contributed by atoms with van der Waals surface area (Å²) >= 11 is 0. The molecule has 0 spiro atoms. The third kappa shape index (κ3) is 5.68. The number of allylic oxidation sites excluding steroid dienone is 2. The summed E-state index contributed by atoms with van der Waals surface area (Å²) in [6.45, 7) is 2.29. The molecular formula is C25H34FN. The third-order valence-electron chi connectivity index (χ3n) is 6.87. The topological polar surface area (TPSA) is 23.8 Å². The minimum absolute atomic E-state index is 0.153. The number of hydrogen-bond donors (Lipinski definition) is 0. The monoisotopic (exact) mass is 367 g/mol. The van der Waals surface area contributed by atoms with E-state index in [4.69, 9.17) is 5.26 Å². The molecule has 146 valence electrons. The van der Waals surface area contributed by atoms with Gasteiger partial charge in [-0.05, 0) is 92.7 Å². The van der Waals surface area contributed by atoms with E-state index in [1.54, 1.807) is 12.1 Å². The molecule has 2 fully saturated rings. The van der Waals surface area contributed by atoms with Crippen LogP contribution in [0.5, 0.6) is 0 Å². The smallest absolute Gasteiger partial charge is 0.141 e. The largest absolute Gasteiger partial charge is 0.206 e. The van der Waals surface area contributed by atoms with E-state index in [-0.39, 0.29) is 11.4 Å². The number of benzene rings is 1. The molecular weight excluding hydrogens is 333 g/mol. The number of nitrogens with zero attached hydrogens (tertiary/aromatic N) is 1. The third-order valence-corrected chi connectivity index (χ3v) is 6.87. The predicted octanol–water partition coefficient (Wildman–Crippen LogP) is 7.52. The first-order chi connectivity index (χ1) is 13.2. The summed E-state index contributed by atoms with van der Waals surface area (Å²) < 4.78 is 13.9. The zero-order valence-corrected chi connectivity index (χ0v) is 16.8. The highest BCUT2D eigenvalue weighted by Crippen LogP contribution is 2.38. The average molecular weight is 368 g/mol. The summed E-state index contributed by atoms with van der Waals surface area (Å²) in [5.74, 6) is 2.56. The van der Waals surface area contributed by atoms with Gasteiger partial charge in [0.15, 0.2) is 0 Å². The van der Waals surface area contributed by atoms with E-state index >= 15 is 0 Å². The molecule has 0 unspecified atom stereocenters. The van der Waals surface area contributed by atoms with Gasteiger partial charge in [0.25, 0.3) is 0 Å². The van der Waals surface area contributed by atoms with Gasteiger partial charge in [-0.2, -0.15) is 5.26 Å². The zero-order valence-electron chi connectivity index (χ0n) is 16.8. The van der Waals surface area contributed by atoms with Crippen LogP contribution in [0.1, 0.15) is 94.6 Å². The van der Waals surface area contributed by atoms with Crippen molar-refractivity contribution in [2.75, 3.05) is 0 Å². The summed E-state index contributed by atoms with van der Waals surface area (Å²) in [4.78, 5) is 0. The summed E-state index contributed by atoms with van der Waals surface area (Å²) in [6.07, 6.45) is 19.4. The quantitative estimate of drug-likeness (QED) is 0.477. The first kappa shape index (κ1) is 20.1. The summed E-state index contributed by atoms with van der Waals surface area (Å²) in [5, 5.41) is 8.88. The lowest BCUT2D eigenvalue weighted by molar-refractivity contribution is 0.289. The van der Waals surface area contributed by atoms with Crippen molar-refractivity contribution in [1.29, 1.82) is 5.26 Å². The Morgan fingerprint density at radius 1 is 1.00 bits per heavy atom. The van der Waals surface area contributed by atoms with Crippen LogP contribution in [0.25, 0.3) is 0 Å². The van der Waals surface area contributed by atoms with E-state index in [0.717, 1.165) is 30.2 Å². The molecule has 1 nitrogen and oxygen atoms in total. The lowest BCUT2D eigenvalue weighted by atomic mass is 9.76. The first-order valence-corrected chi connectivity index (χ1v) is 11.1. The second-order valence-electron chi connectivity index (χ2n) is 8.77. The van der Waals surface area contributed by atoms with Crippen molar-refractivity contribution < 1.29 is 4.39 Å². The van der Waals surface area contributed by atoms with Crippen LogP contribution in [0.2, 0.25) is 0 Å². The fraction of sp³-hybridized carbons (Fsp3) is 0.640. The molecule has 0 N–H and O–H groups in total. The van der Waals surface area contributed by atoms with Crippen LogP contribution in [0.3, 0.4) is 0 Å². The van der Waals surface area contributed by atoms with Crippen LogP contribution in [0, 0.1) is 34.9 Å². The fourth-order valence-electron chi connectivity index (χ4n) is 5.00. The van der Waals surface area contributed by atoms with E-state index in [9.17, 15) is 4.39 Å². The van der Waals surface area contributed by atoms with Crippen molar-refractivity contribution in [1.82, 2.24) is 0 Å². The summed E-state index contributed by atoms with van der Waals surface area (Å²) in [7, 11) is 0. The highest BCUT2D eigenvalue weighted by atomic mass is 19.1. The Balaban J connectivity index is 1.43. The number of nitriles is 1. The van der Waals surface area contributed by atoms with Gasteiger partial charge in [0.1, 0.15) is 11.9 Å². The lowest BCUT2D eigenvalue weighted by Crippen LogP contribution is -2.14. The molecule has 0 amide bonds. The molecule has 2 heteroatoms. The van der Waals surface area contributed by atoms with Crippen LogP contribution in [0.4, 0.5) is 4.39 Å². The SMILES string of the molecule is CCCCC1CCC(/C=C/C2CCC(c3ccc(C#N)c(F)c3)CC2)CC1. The van der Waals surface area contributed by atoms with Crippen LogP contribution < -0.4 is 0 Å². The summed E-state index contributed by atoms with van der Waals surface area (Å²) in [6, 6.07) is 7.06. The molecule has 1 aromatic carbocycles. The maximum Gasteiger partial charge on any atom is 0.141 e. The van der Waals surface area contributed by atoms with E-state index in [0.29, 0.717) is 11.8 Å². The Kier molecular flexibility index (Phi) is 7.50. The fourth-order valence-corrected chi connectivity index (χ4v) is 5.00. The van der Waals surface area contributed by atoms with Gasteiger partial charge in [-0.15, -0.1) is 0 Å². The Hall–Kier alpha value is -1.62. The van der Waals surface area contributed by atoms with Gasteiger partial charge in [0.2, 0.25) is 0 Å². The maximum atomic E-state index is 13.9. The minimum Gasteiger partial charge on any atom is -0.206 e. The molecule has 0 aliphatic heterocycles. The van der Waals surface area contributed by atoms with Crippen molar-refractivity contribution in [2.24, 2.45) is 17.8 Å². The van der Waals surface area contributed by atoms with Crippen molar-refractivity contribution in [3.63, 3.8) is 0 Å². The van der Waals surface area contributed by atoms with Gasteiger partial charge >= 0.3 is 0 Å². The van der Waals surface area contributed by atoms with Crippen molar-refractivity contribution in [3.05, 3.63) is 47.3 Å². The normalized spacial score (nSPS) is 28.9. The number of halogens is 1. The van der Waals surface area contributed by atoms with Gasteiger partial charge in [0, 0.05) is 0 Å².